The number of rotatable bonds is 8. The van der Waals surface area contributed by atoms with E-state index in [9.17, 15) is 14.4 Å². The second-order valence-electron chi connectivity index (χ2n) is 9.89. The average molecular weight is 591 g/mol. The number of methoxy groups -OCH3 is 2. The lowest BCUT2D eigenvalue weighted by molar-refractivity contribution is -0.140. The van der Waals surface area contributed by atoms with Gasteiger partial charge in [0, 0.05) is 22.5 Å². The second-order valence-corrected chi connectivity index (χ2v) is 9.89. The van der Waals surface area contributed by atoms with Crippen LogP contribution in [-0.4, -0.2) is 42.2 Å². The van der Waals surface area contributed by atoms with E-state index >= 15 is 0 Å². The molecule has 4 aromatic carbocycles. The van der Waals surface area contributed by atoms with Gasteiger partial charge in [-0.05, 0) is 71.8 Å². The average Bonchev–Trinajstić information content (AvgIpc) is 3.65. The highest BCUT2D eigenvalue weighted by molar-refractivity contribution is 6.00. The van der Waals surface area contributed by atoms with E-state index in [-0.39, 0.29) is 24.8 Å². The Bertz CT molecular complexity index is 1880. The van der Waals surface area contributed by atoms with Gasteiger partial charge in [0.1, 0.15) is 11.0 Å². The fourth-order valence-corrected chi connectivity index (χ4v) is 4.64. The third-order valence-corrected chi connectivity index (χ3v) is 6.79. The SMILES string of the molecule is COC(=O)Cc1ccc2oc(-c3cccc(NC(=O)Nc4cccc(-c5nc6cc(CC(=O)OC)ccc6o5)c4)c3)nc2c1. The standard InChI is InChI=1S/C33H26N4O7/c1-41-29(38)15-19-9-11-27-25(13-19)36-31(43-27)21-5-3-7-23(17-21)34-33(40)35-24-8-4-6-22(18-24)32-37-26-14-20(16-30(39)42-2)10-12-28(26)44-32/h3-14,17-18H,15-16H2,1-2H3,(H2,34,35,40). The Kier molecular flexibility index (Phi) is 7.75. The van der Waals surface area contributed by atoms with Gasteiger partial charge in [0.05, 0.1) is 27.1 Å². The van der Waals surface area contributed by atoms with Gasteiger partial charge in [-0.15, -0.1) is 0 Å². The smallest absolute Gasteiger partial charge is 0.323 e. The number of carbonyl (C=O) groups is 3. The van der Waals surface area contributed by atoms with Gasteiger partial charge < -0.3 is 28.9 Å². The number of esters is 2. The predicted molar refractivity (Wildman–Crippen MR) is 163 cm³/mol. The zero-order chi connectivity index (χ0) is 30.6. The Morgan fingerprint density at radius 1 is 0.636 bits per heavy atom. The van der Waals surface area contributed by atoms with Crippen LogP contribution in [0.15, 0.2) is 93.8 Å². The van der Waals surface area contributed by atoms with Crippen LogP contribution in [0, 0.1) is 0 Å². The summed E-state index contributed by atoms with van der Waals surface area (Å²) in [5, 5.41) is 5.66. The Hall–Kier alpha value is -5.97. The molecule has 0 aliphatic rings. The third-order valence-electron chi connectivity index (χ3n) is 6.79. The normalized spacial score (nSPS) is 11.0. The zero-order valence-electron chi connectivity index (χ0n) is 23.7. The van der Waals surface area contributed by atoms with Crippen molar-refractivity contribution in [1.29, 1.82) is 0 Å². The van der Waals surface area contributed by atoms with Crippen LogP contribution in [0.25, 0.3) is 45.1 Å². The molecule has 0 aliphatic carbocycles. The molecular weight excluding hydrogens is 564 g/mol. The summed E-state index contributed by atoms with van der Waals surface area (Å²) >= 11 is 0. The molecular formula is C33H26N4O7. The molecule has 0 aliphatic heterocycles. The molecule has 2 heterocycles. The van der Waals surface area contributed by atoms with E-state index in [1.807, 2.05) is 12.1 Å². The van der Waals surface area contributed by atoms with Crippen molar-refractivity contribution in [2.24, 2.45) is 0 Å². The van der Waals surface area contributed by atoms with Crippen molar-refractivity contribution in [2.45, 2.75) is 12.8 Å². The van der Waals surface area contributed by atoms with Crippen molar-refractivity contribution in [1.82, 2.24) is 9.97 Å². The Morgan fingerprint density at radius 3 is 1.52 bits per heavy atom. The predicted octanol–water partition coefficient (Wildman–Crippen LogP) is 6.38. The molecule has 0 saturated heterocycles. The molecule has 0 fully saturated rings. The molecule has 0 saturated carbocycles. The number of carbonyl (C=O) groups excluding carboxylic acids is 3. The fraction of sp³-hybridized carbons (Fsp3) is 0.121. The van der Waals surface area contributed by atoms with Gasteiger partial charge in [0.15, 0.2) is 11.2 Å². The second kappa shape index (κ2) is 12.1. The highest BCUT2D eigenvalue weighted by Gasteiger charge is 2.14. The zero-order valence-corrected chi connectivity index (χ0v) is 23.7. The molecule has 2 N–H and O–H groups in total. The summed E-state index contributed by atoms with van der Waals surface area (Å²) in [7, 11) is 2.69. The van der Waals surface area contributed by atoms with Crippen LogP contribution in [0.4, 0.5) is 16.2 Å². The van der Waals surface area contributed by atoms with Crippen LogP contribution in [-0.2, 0) is 31.9 Å². The molecule has 0 unspecified atom stereocenters. The van der Waals surface area contributed by atoms with Crippen molar-refractivity contribution >= 4 is 51.5 Å². The number of nitrogens with one attached hydrogen (secondary N) is 2. The number of oxazole rings is 2. The molecule has 6 aromatic rings. The van der Waals surface area contributed by atoms with Gasteiger partial charge in [-0.1, -0.05) is 24.3 Å². The van der Waals surface area contributed by atoms with Crippen LogP contribution in [0.1, 0.15) is 11.1 Å². The van der Waals surface area contributed by atoms with Gasteiger partial charge in [0.25, 0.3) is 0 Å². The van der Waals surface area contributed by atoms with E-state index in [2.05, 4.69) is 20.6 Å². The number of urea groups is 1. The summed E-state index contributed by atoms with van der Waals surface area (Å²) in [6.45, 7) is 0. The van der Waals surface area contributed by atoms with Crippen molar-refractivity contribution in [3.05, 3.63) is 96.1 Å². The van der Waals surface area contributed by atoms with Crippen LogP contribution in [0.3, 0.4) is 0 Å². The first kappa shape index (κ1) is 28.2. The van der Waals surface area contributed by atoms with Crippen molar-refractivity contribution < 1.29 is 32.7 Å². The number of amides is 2. The minimum atomic E-state index is -0.450. The molecule has 44 heavy (non-hydrogen) atoms. The van der Waals surface area contributed by atoms with Gasteiger partial charge in [0.2, 0.25) is 11.8 Å². The largest absolute Gasteiger partial charge is 0.469 e. The molecule has 0 atom stereocenters. The molecule has 2 amide bonds. The summed E-state index contributed by atoms with van der Waals surface area (Å²) in [6.07, 6.45) is 0.278. The van der Waals surface area contributed by atoms with Crippen LogP contribution in [0.5, 0.6) is 0 Å². The molecule has 11 nitrogen and oxygen atoms in total. The molecule has 0 bridgehead atoms. The highest BCUT2D eigenvalue weighted by Crippen LogP contribution is 2.29. The highest BCUT2D eigenvalue weighted by atomic mass is 16.5. The first-order chi connectivity index (χ1) is 21.4. The number of benzene rings is 4. The number of aromatic nitrogens is 2. The van der Waals surface area contributed by atoms with E-state index in [1.165, 1.54) is 14.2 Å². The number of hydrogen-bond acceptors (Lipinski definition) is 9. The molecule has 0 radical (unpaired) electrons. The first-order valence-corrected chi connectivity index (χ1v) is 13.6. The number of fused-ring (bicyclic) bond motifs is 2. The summed E-state index contributed by atoms with van der Waals surface area (Å²) in [6, 6.07) is 24.5. The minimum Gasteiger partial charge on any atom is -0.469 e. The first-order valence-electron chi connectivity index (χ1n) is 13.6. The van der Waals surface area contributed by atoms with Crippen molar-refractivity contribution in [2.75, 3.05) is 24.9 Å². The maximum atomic E-state index is 12.9. The maximum Gasteiger partial charge on any atom is 0.323 e. The fourth-order valence-electron chi connectivity index (χ4n) is 4.64. The molecule has 0 spiro atoms. The van der Waals surface area contributed by atoms with E-state index < -0.39 is 6.03 Å². The third kappa shape index (κ3) is 6.26. The van der Waals surface area contributed by atoms with Crippen molar-refractivity contribution in [3.8, 4) is 22.9 Å². The molecule has 2 aromatic heterocycles. The summed E-state index contributed by atoms with van der Waals surface area (Å²) in [4.78, 5) is 45.2. The number of nitrogens with zero attached hydrogens (tertiary/aromatic N) is 2. The van der Waals surface area contributed by atoms with E-state index in [0.717, 1.165) is 11.1 Å². The van der Waals surface area contributed by atoms with E-state index in [1.54, 1.807) is 72.8 Å². The summed E-state index contributed by atoms with van der Waals surface area (Å²) in [5.41, 5.74) is 6.30. The summed E-state index contributed by atoms with van der Waals surface area (Å²) < 4.78 is 21.3. The van der Waals surface area contributed by atoms with Gasteiger partial charge >= 0.3 is 18.0 Å². The number of anilines is 2. The number of hydrogen-bond donors (Lipinski definition) is 2. The lowest BCUT2D eigenvalue weighted by Crippen LogP contribution is -2.19. The summed E-state index contributed by atoms with van der Waals surface area (Å²) in [5.74, 6) is 0.0795. The Balaban J connectivity index is 1.14. The topological polar surface area (TPSA) is 146 Å². The number of ether oxygens (including phenoxy) is 2. The van der Waals surface area contributed by atoms with Gasteiger partial charge in [-0.3, -0.25) is 9.59 Å². The quantitative estimate of drug-likeness (QED) is 0.193. The molecule has 11 heteroatoms. The van der Waals surface area contributed by atoms with Crippen LogP contribution in [0.2, 0.25) is 0 Å². The van der Waals surface area contributed by atoms with Crippen LogP contribution < -0.4 is 10.6 Å². The lowest BCUT2D eigenvalue weighted by Gasteiger charge is -2.09. The van der Waals surface area contributed by atoms with Crippen LogP contribution >= 0.6 is 0 Å². The van der Waals surface area contributed by atoms with E-state index in [4.69, 9.17) is 18.3 Å². The minimum absolute atomic E-state index is 0.139. The Labute approximate surface area is 250 Å². The van der Waals surface area contributed by atoms with E-state index in [0.29, 0.717) is 56.5 Å². The maximum absolute atomic E-state index is 12.9. The van der Waals surface area contributed by atoms with Gasteiger partial charge in [-0.25, -0.2) is 14.8 Å². The lowest BCUT2D eigenvalue weighted by atomic mass is 10.1. The monoisotopic (exact) mass is 590 g/mol. The molecule has 220 valence electrons. The van der Waals surface area contributed by atoms with Gasteiger partial charge in [-0.2, -0.15) is 0 Å². The van der Waals surface area contributed by atoms with Crippen molar-refractivity contribution in [3.63, 3.8) is 0 Å². The Morgan fingerprint density at radius 2 is 1.09 bits per heavy atom. The molecule has 6 rings (SSSR count).